The average molecular weight is 239 g/mol. The summed E-state index contributed by atoms with van der Waals surface area (Å²) in [6.45, 7) is 0.184. The lowest BCUT2D eigenvalue weighted by atomic mass is 10.1. The van der Waals surface area contributed by atoms with Gasteiger partial charge < -0.3 is 10.4 Å². The Bertz CT molecular complexity index is 337. The molecule has 1 amide bonds. The minimum Gasteiger partial charge on any atom is -0.396 e. The van der Waals surface area contributed by atoms with Crippen LogP contribution in [0.2, 0.25) is 0 Å². The van der Waals surface area contributed by atoms with Gasteiger partial charge in [0.05, 0.1) is 6.42 Å². The second-order valence-corrected chi connectivity index (χ2v) is 5.34. The summed E-state index contributed by atoms with van der Waals surface area (Å²) in [4.78, 5) is 12.8. The van der Waals surface area contributed by atoms with Crippen molar-refractivity contribution in [1.82, 2.24) is 5.32 Å². The molecule has 0 saturated heterocycles. The van der Waals surface area contributed by atoms with Crippen LogP contribution in [0.15, 0.2) is 17.5 Å². The van der Waals surface area contributed by atoms with Crippen molar-refractivity contribution in [1.29, 1.82) is 0 Å². The minimum atomic E-state index is 0.0767. The largest absolute Gasteiger partial charge is 0.396 e. The number of thiophene rings is 1. The van der Waals surface area contributed by atoms with Crippen molar-refractivity contribution >= 4 is 17.2 Å². The number of amides is 1. The van der Waals surface area contributed by atoms with E-state index in [9.17, 15) is 4.79 Å². The zero-order chi connectivity index (χ0) is 11.4. The fourth-order valence-electron chi connectivity index (χ4n) is 2.27. The zero-order valence-electron chi connectivity index (χ0n) is 9.19. The second-order valence-electron chi connectivity index (χ2n) is 4.30. The Morgan fingerprint density at radius 2 is 2.44 bits per heavy atom. The third-order valence-electron chi connectivity index (χ3n) is 3.15. The minimum absolute atomic E-state index is 0.0767. The molecule has 1 aromatic rings. The Balaban J connectivity index is 1.83. The van der Waals surface area contributed by atoms with Gasteiger partial charge in [0.25, 0.3) is 0 Å². The predicted octanol–water partition coefficient (Wildman–Crippen LogP) is 1.57. The highest BCUT2D eigenvalue weighted by molar-refractivity contribution is 7.10. The second kappa shape index (κ2) is 5.46. The van der Waals surface area contributed by atoms with Crippen LogP contribution in [0.5, 0.6) is 0 Å². The molecule has 3 nitrogen and oxygen atoms in total. The fourth-order valence-corrected chi connectivity index (χ4v) is 2.98. The molecule has 2 unspecified atom stereocenters. The molecule has 0 radical (unpaired) electrons. The van der Waals surface area contributed by atoms with E-state index in [0.29, 0.717) is 6.42 Å². The van der Waals surface area contributed by atoms with Gasteiger partial charge in [-0.2, -0.15) is 0 Å². The first-order chi connectivity index (χ1) is 7.79. The van der Waals surface area contributed by atoms with E-state index >= 15 is 0 Å². The van der Waals surface area contributed by atoms with Crippen molar-refractivity contribution in [3.63, 3.8) is 0 Å². The number of hydrogen-bond acceptors (Lipinski definition) is 3. The number of nitrogens with one attached hydrogen (secondary N) is 1. The highest BCUT2D eigenvalue weighted by atomic mass is 32.1. The number of carbonyl (C=O) groups excluding carboxylic acids is 1. The zero-order valence-corrected chi connectivity index (χ0v) is 10.0. The van der Waals surface area contributed by atoms with Gasteiger partial charge in [0, 0.05) is 23.4 Å². The molecular formula is C12H17NO2S. The molecule has 2 N–H and O–H groups in total. The third kappa shape index (κ3) is 2.83. The summed E-state index contributed by atoms with van der Waals surface area (Å²) in [6, 6.07) is 4.11. The van der Waals surface area contributed by atoms with E-state index in [1.54, 1.807) is 11.3 Å². The molecule has 0 aromatic carbocycles. The molecule has 1 fully saturated rings. The third-order valence-corrected chi connectivity index (χ3v) is 4.03. The first kappa shape index (κ1) is 11.6. The summed E-state index contributed by atoms with van der Waals surface area (Å²) in [6.07, 6.45) is 3.60. The van der Waals surface area contributed by atoms with Crippen molar-refractivity contribution in [3.8, 4) is 0 Å². The number of aliphatic hydroxyl groups is 1. The molecule has 88 valence electrons. The highest BCUT2D eigenvalue weighted by Gasteiger charge is 2.27. The Labute approximate surface area is 99.5 Å². The topological polar surface area (TPSA) is 49.3 Å². The van der Waals surface area contributed by atoms with Crippen LogP contribution in [0.4, 0.5) is 0 Å². The summed E-state index contributed by atoms with van der Waals surface area (Å²) < 4.78 is 0. The molecule has 1 heterocycles. The Morgan fingerprint density at radius 3 is 3.12 bits per heavy atom. The van der Waals surface area contributed by atoms with Crippen molar-refractivity contribution in [2.24, 2.45) is 5.92 Å². The van der Waals surface area contributed by atoms with E-state index in [4.69, 9.17) is 5.11 Å². The summed E-state index contributed by atoms with van der Waals surface area (Å²) in [7, 11) is 0. The van der Waals surface area contributed by atoms with Crippen molar-refractivity contribution in [3.05, 3.63) is 22.4 Å². The molecule has 16 heavy (non-hydrogen) atoms. The van der Waals surface area contributed by atoms with Crippen LogP contribution < -0.4 is 5.32 Å². The van der Waals surface area contributed by atoms with E-state index in [0.717, 1.165) is 24.1 Å². The monoisotopic (exact) mass is 239 g/mol. The van der Waals surface area contributed by atoms with Crippen LogP contribution in [0, 0.1) is 5.92 Å². The maximum atomic E-state index is 11.7. The number of carbonyl (C=O) groups is 1. The smallest absolute Gasteiger partial charge is 0.225 e. The summed E-state index contributed by atoms with van der Waals surface area (Å²) in [5.74, 6) is 0.333. The Hall–Kier alpha value is -0.870. The van der Waals surface area contributed by atoms with E-state index in [1.165, 1.54) is 0 Å². The van der Waals surface area contributed by atoms with Gasteiger partial charge in [-0.15, -0.1) is 11.3 Å². The summed E-state index contributed by atoms with van der Waals surface area (Å²) >= 11 is 1.61. The average Bonchev–Trinajstić information content (AvgIpc) is 2.88. The predicted molar refractivity (Wildman–Crippen MR) is 64.4 cm³/mol. The van der Waals surface area contributed by atoms with E-state index in [1.807, 2.05) is 17.5 Å². The number of rotatable bonds is 4. The lowest BCUT2D eigenvalue weighted by Gasteiger charge is -2.18. The van der Waals surface area contributed by atoms with Crippen LogP contribution in [0.25, 0.3) is 0 Å². The Kier molecular flexibility index (Phi) is 3.96. The van der Waals surface area contributed by atoms with Crippen LogP contribution in [-0.2, 0) is 11.2 Å². The van der Waals surface area contributed by atoms with E-state index in [-0.39, 0.29) is 24.5 Å². The molecule has 2 atom stereocenters. The number of aliphatic hydroxyl groups excluding tert-OH is 1. The van der Waals surface area contributed by atoms with Gasteiger partial charge in [-0.1, -0.05) is 12.5 Å². The molecular weight excluding hydrogens is 222 g/mol. The first-order valence-corrected chi connectivity index (χ1v) is 6.60. The maximum absolute atomic E-state index is 11.7. The molecule has 0 spiro atoms. The van der Waals surface area contributed by atoms with Gasteiger partial charge in [0.15, 0.2) is 0 Å². The van der Waals surface area contributed by atoms with E-state index < -0.39 is 0 Å². The molecule has 2 rings (SSSR count). The van der Waals surface area contributed by atoms with Gasteiger partial charge in [-0.25, -0.2) is 0 Å². The molecule has 0 bridgehead atoms. The van der Waals surface area contributed by atoms with Gasteiger partial charge in [0.2, 0.25) is 5.91 Å². The van der Waals surface area contributed by atoms with Crippen LogP contribution in [-0.4, -0.2) is 23.7 Å². The van der Waals surface area contributed by atoms with Gasteiger partial charge in [-0.3, -0.25) is 4.79 Å². The first-order valence-electron chi connectivity index (χ1n) is 5.72. The van der Waals surface area contributed by atoms with Gasteiger partial charge in [0.1, 0.15) is 0 Å². The van der Waals surface area contributed by atoms with Crippen molar-refractivity contribution in [2.45, 2.75) is 31.7 Å². The quantitative estimate of drug-likeness (QED) is 0.838. The molecule has 1 aromatic heterocycles. The van der Waals surface area contributed by atoms with Crippen molar-refractivity contribution in [2.75, 3.05) is 6.61 Å². The van der Waals surface area contributed by atoms with Crippen LogP contribution in [0.1, 0.15) is 24.1 Å². The van der Waals surface area contributed by atoms with Gasteiger partial charge >= 0.3 is 0 Å². The normalized spacial score (nSPS) is 24.6. The summed E-state index contributed by atoms with van der Waals surface area (Å²) in [5.41, 5.74) is 0. The maximum Gasteiger partial charge on any atom is 0.225 e. The van der Waals surface area contributed by atoms with Crippen LogP contribution >= 0.6 is 11.3 Å². The highest BCUT2D eigenvalue weighted by Crippen LogP contribution is 2.25. The SMILES string of the molecule is O=C(Cc1cccs1)NC1CCCC1CO. The fraction of sp³-hybridized carbons (Fsp3) is 0.583. The lowest BCUT2D eigenvalue weighted by Crippen LogP contribution is -2.39. The number of hydrogen-bond donors (Lipinski definition) is 2. The molecule has 1 aliphatic rings. The molecule has 0 aliphatic heterocycles. The Morgan fingerprint density at radius 1 is 1.56 bits per heavy atom. The molecule has 1 saturated carbocycles. The van der Waals surface area contributed by atoms with Gasteiger partial charge in [-0.05, 0) is 24.3 Å². The van der Waals surface area contributed by atoms with E-state index in [2.05, 4.69) is 5.32 Å². The molecule has 4 heteroatoms. The standard InChI is InChI=1S/C12H17NO2S/c14-8-9-3-1-5-11(9)13-12(15)7-10-4-2-6-16-10/h2,4,6,9,11,14H,1,3,5,7-8H2,(H,13,15). The molecule has 1 aliphatic carbocycles. The lowest BCUT2D eigenvalue weighted by molar-refractivity contribution is -0.121. The summed E-state index contributed by atoms with van der Waals surface area (Å²) in [5, 5.41) is 14.2. The van der Waals surface area contributed by atoms with Crippen LogP contribution in [0.3, 0.4) is 0 Å². The van der Waals surface area contributed by atoms with Crippen molar-refractivity contribution < 1.29 is 9.90 Å².